The van der Waals surface area contributed by atoms with E-state index in [2.05, 4.69) is 36.2 Å². The van der Waals surface area contributed by atoms with E-state index in [0.29, 0.717) is 17.9 Å². The molecule has 0 radical (unpaired) electrons. The molecule has 1 amide bonds. The SMILES string of the molecule is CCOCC1CCCN(C[C@@H]2CCCCC2NC(=O)c2ccc(CC)cc2)C1. The van der Waals surface area contributed by atoms with Gasteiger partial charge in [-0.2, -0.15) is 0 Å². The highest BCUT2D eigenvalue weighted by Gasteiger charge is 2.30. The van der Waals surface area contributed by atoms with Crippen LogP contribution >= 0.6 is 0 Å². The van der Waals surface area contributed by atoms with Crippen LogP contribution in [0.15, 0.2) is 24.3 Å². The van der Waals surface area contributed by atoms with Crippen molar-refractivity contribution in [3.05, 3.63) is 35.4 Å². The molecular weight excluding hydrogens is 348 g/mol. The molecule has 3 rings (SSSR count). The second-order valence-electron chi connectivity index (χ2n) is 8.60. The molecule has 2 fully saturated rings. The summed E-state index contributed by atoms with van der Waals surface area (Å²) in [7, 11) is 0. The van der Waals surface area contributed by atoms with E-state index in [9.17, 15) is 4.79 Å². The first-order valence-corrected chi connectivity index (χ1v) is 11.4. The minimum Gasteiger partial charge on any atom is -0.381 e. The Hall–Kier alpha value is -1.39. The predicted octanol–water partition coefficient (Wildman–Crippen LogP) is 4.29. The molecule has 3 atom stereocenters. The molecule has 2 aliphatic rings. The summed E-state index contributed by atoms with van der Waals surface area (Å²) in [5.41, 5.74) is 2.06. The third-order valence-electron chi connectivity index (χ3n) is 6.50. The summed E-state index contributed by atoms with van der Waals surface area (Å²) in [6.45, 7) is 9.38. The van der Waals surface area contributed by atoms with Crippen molar-refractivity contribution in [2.24, 2.45) is 11.8 Å². The summed E-state index contributed by atoms with van der Waals surface area (Å²) in [6.07, 6.45) is 8.42. The number of hydrogen-bond acceptors (Lipinski definition) is 3. The molecule has 2 unspecified atom stereocenters. The number of ether oxygens (including phenoxy) is 1. The highest BCUT2D eigenvalue weighted by molar-refractivity contribution is 5.94. The van der Waals surface area contributed by atoms with Crippen LogP contribution in [0.3, 0.4) is 0 Å². The van der Waals surface area contributed by atoms with E-state index >= 15 is 0 Å². The third kappa shape index (κ3) is 6.05. The van der Waals surface area contributed by atoms with Crippen molar-refractivity contribution >= 4 is 5.91 Å². The lowest BCUT2D eigenvalue weighted by molar-refractivity contribution is 0.0548. The summed E-state index contributed by atoms with van der Waals surface area (Å²) in [5.74, 6) is 1.33. The van der Waals surface area contributed by atoms with Crippen LogP contribution in [0.5, 0.6) is 0 Å². The summed E-state index contributed by atoms with van der Waals surface area (Å²) in [5, 5.41) is 3.37. The van der Waals surface area contributed by atoms with Gasteiger partial charge < -0.3 is 15.0 Å². The van der Waals surface area contributed by atoms with Crippen LogP contribution in [0, 0.1) is 11.8 Å². The van der Waals surface area contributed by atoms with Gasteiger partial charge in [0, 0.05) is 31.3 Å². The molecule has 0 bridgehead atoms. The fourth-order valence-corrected chi connectivity index (χ4v) is 4.83. The van der Waals surface area contributed by atoms with Crippen molar-refractivity contribution in [3.8, 4) is 0 Å². The standard InChI is InChI=1S/C24H38N2O2/c1-3-19-11-13-21(14-12-19)24(27)25-23-10-6-5-9-22(23)17-26-15-7-8-20(16-26)18-28-4-2/h11-14,20,22-23H,3-10,15-18H2,1-2H3,(H,25,27)/t20?,22-,23?/m0/s1. The number of nitrogens with one attached hydrogen (secondary N) is 1. The number of hydrogen-bond donors (Lipinski definition) is 1. The van der Waals surface area contributed by atoms with Gasteiger partial charge >= 0.3 is 0 Å². The number of amides is 1. The molecule has 1 saturated heterocycles. The molecule has 1 heterocycles. The molecule has 4 nitrogen and oxygen atoms in total. The normalized spacial score (nSPS) is 26.1. The Morgan fingerprint density at radius 2 is 1.89 bits per heavy atom. The maximum absolute atomic E-state index is 12.8. The minimum absolute atomic E-state index is 0.0902. The minimum atomic E-state index is 0.0902. The summed E-state index contributed by atoms with van der Waals surface area (Å²) >= 11 is 0. The van der Waals surface area contributed by atoms with Gasteiger partial charge in [-0.1, -0.05) is 31.9 Å². The first-order valence-electron chi connectivity index (χ1n) is 11.4. The van der Waals surface area contributed by atoms with Crippen LogP contribution in [0.25, 0.3) is 0 Å². The Bertz CT molecular complexity index is 601. The zero-order valence-electron chi connectivity index (χ0n) is 17.8. The summed E-state index contributed by atoms with van der Waals surface area (Å²) in [4.78, 5) is 15.4. The average Bonchev–Trinajstić information content (AvgIpc) is 2.74. The van der Waals surface area contributed by atoms with Crippen molar-refractivity contribution in [3.63, 3.8) is 0 Å². The second-order valence-corrected chi connectivity index (χ2v) is 8.60. The van der Waals surface area contributed by atoms with Gasteiger partial charge in [0.2, 0.25) is 0 Å². The second kappa shape index (κ2) is 11.0. The van der Waals surface area contributed by atoms with Gasteiger partial charge in [-0.05, 0) is 75.1 Å². The van der Waals surface area contributed by atoms with Gasteiger partial charge in [-0.3, -0.25) is 4.79 Å². The Morgan fingerprint density at radius 1 is 1.11 bits per heavy atom. The van der Waals surface area contributed by atoms with E-state index in [0.717, 1.165) is 44.7 Å². The van der Waals surface area contributed by atoms with Crippen LogP contribution < -0.4 is 5.32 Å². The van der Waals surface area contributed by atoms with Crippen LogP contribution in [0.4, 0.5) is 0 Å². The summed E-state index contributed by atoms with van der Waals surface area (Å²) < 4.78 is 5.67. The molecule has 0 spiro atoms. The third-order valence-corrected chi connectivity index (χ3v) is 6.50. The topological polar surface area (TPSA) is 41.6 Å². The van der Waals surface area contributed by atoms with Crippen LogP contribution in [-0.2, 0) is 11.2 Å². The Labute approximate surface area is 171 Å². The first-order chi connectivity index (χ1) is 13.7. The number of likely N-dealkylation sites (tertiary alicyclic amines) is 1. The molecule has 1 saturated carbocycles. The predicted molar refractivity (Wildman–Crippen MR) is 115 cm³/mol. The monoisotopic (exact) mass is 386 g/mol. The first kappa shape index (κ1) is 21.3. The fraction of sp³-hybridized carbons (Fsp3) is 0.708. The molecule has 1 aliphatic heterocycles. The Morgan fingerprint density at radius 3 is 2.64 bits per heavy atom. The van der Waals surface area contributed by atoms with Gasteiger partial charge in [0.15, 0.2) is 0 Å². The molecule has 1 N–H and O–H groups in total. The summed E-state index contributed by atoms with van der Waals surface area (Å²) in [6, 6.07) is 8.38. The maximum atomic E-state index is 12.8. The van der Waals surface area contributed by atoms with E-state index in [-0.39, 0.29) is 5.91 Å². The van der Waals surface area contributed by atoms with Crippen LogP contribution in [-0.4, -0.2) is 49.7 Å². The Kier molecular flexibility index (Phi) is 8.35. The molecular formula is C24H38N2O2. The molecule has 1 aromatic carbocycles. The molecule has 4 heteroatoms. The molecule has 1 aromatic rings. The van der Waals surface area contributed by atoms with Gasteiger partial charge in [0.1, 0.15) is 0 Å². The van der Waals surface area contributed by atoms with E-state index in [4.69, 9.17) is 4.74 Å². The van der Waals surface area contributed by atoms with Crippen molar-refractivity contribution in [2.75, 3.05) is 32.8 Å². The average molecular weight is 387 g/mol. The molecule has 156 valence electrons. The largest absolute Gasteiger partial charge is 0.381 e. The Balaban J connectivity index is 1.55. The highest BCUT2D eigenvalue weighted by Crippen LogP contribution is 2.27. The molecule has 0 aromatic heterocycles. The van der Waals surface area contributed by atoms with Crippen LogP contribution in [0.2, 0.25) is 0 Å². The van der Waals surface area contributed by atoms with Crippen LogP contribution in [0.1, 0.15) is 68.3 Å². The van der Waals surface area contributed by atoms with Crippen molar-refractivity contribution < 1.29 is 9.53 Å². The lowest BCUT2D eigenvalue weighted by atomic mass is 9.83. The quantitative estimate of drug-likeness (QED) is 0.725. The van der Waals surface area contributed by atoms with E-state index in [1.54, 1.807) is 0 Å². The zero-order valence-corrected chi connectivity index (χ0v) is 17.8. The lowest BCUT2D eigenvalue weighted by Gasteiger charge is -2.39. The number of carbonyl (C=O) groups is 1. The maximum Gasteiger partial charge on any atom is 0.251 e. The molecule has 28 heavy (non-hydrogen) atoms. The number of aryl methyl sites for hydroxylation is 1. The van der Waals surface area contributed by atoms with E-state index < -0.39 is 0 Å². The van der Waals surface area contributed by atoms with Gasteiger partial charge in [-0.25, -0.2) is 0 Å². The number of piperidine rings is 1. The van der Waals surface area contributed by atoms with Crippen molar-refractivity contribution in [2.45, 2.75) is 64.8 Å². The molecule has 1 aliphatic carbocycles. The van der Waals surface area contributed by atoms with Crippen molar-refractivity contribution in [1.82, 2.24) is 10.2 Å². The zero-order chi connectivity index (χ0) is 19.8. The van der Waals surface area contributed by atoms with Crippen molar-refractivity contribution in [1.29, 1.82) is 0 Å². The number of rotatable bonds is 8. The fourth-order valence-electron chi connectivity index (χ4n) is 4.83. The number of nitrogens with zero attached hydrogens (tertiary/aromatic N) is 1. The number of carbonyl (C=O) groups excluding carboxylic acids is 1. The number of benzene rings is 1. The van der Waals surface area contributed by atoms with Gasteiger partial charge in [0.05, 0.1) is 6.61 Å². The van der Waals surface area contributed by atoms with E-state index in [1.165, 1.54) is 44.2 Å². The van der Waals surface area contributed by atoms with E-state index in [1.807, 2.05) is 12.1 Å². The van der Waals surface area contributed by atoms with Gasteiger partial charge in [-0.15, -0.1) is 0 Å². The smallest absolute Gasteiger partial charge is 0.251 e. The lowest BCUT2D eigenvalue weighted by Crippen LogP contribution is -2.48. The highest BCUT2D eigenvalue weighted by atomic mass is 16.5. The van der Waals surface area contributed by atoms with Gasteiger partial charge in [0.25, 0.3) is 5.91 Å².